The molecule has 2 rings (SSSR count). The number of nitrogens with zero attached hydrogens (tertiary/aromatic N) is 4. The number of hydrogen-bond donors (Lipinski definition) is 0. The Kier molecular flexibility index (Phi) is 2.84. The van der Waals surface area contributed by atoms with Crippen molar-refractivity contribution >= 4 is 29.5 Å². The van der Waals surface area contributed by atoms with E-state index in [0.717, 1.165) is 24.2 Å². The summed E-state index contributed by atoms with van der Waals surface area (Å²) in [5, 5.41) is 8.03. The predicted octanol–water partition coefficient (Wildman–Crippen LogP) is -0.834. The van der Waals surface area contributed by atoms with E-state index in [1.54, 1.807) is 0 Å². The number of hydrogen-bond acceptors (Lipinski definition) is 4. The molecule has 0 spiro atoms. The van der Waals surface area contributed by atoms with Crippen molar-refractivity contribution in [2.45, 2.75) is 12.8 Å². The molecule has 0 bridgehead atoms. The molecule has 0 aliphatic heterocycles. The summed E-state index contributed by atoms with van der Waals surface area (Å²) in [6, 6.07) is 0. The van der Waals surface area contributed by atoms with Crippen LogP contribution in [0.15, 0.2) is 9.88 Å². The van der Waals surface area contributed by atoms with Crippen LogP contribution in [-0.4, -0.2) is 47.9 Å². The fourth-order valence-corrected chi connectivity index (χ4v) is 2.88. The van der Waals surface area contributed by atoms with Gasteiger partial charge in [-0.3, -0.25) is 0 Å². The van der Waals surface area contributed by atoms with Crippen molar-refractivity contribution in [2.75, 3.05) is 0 Å². The molecule has 0 N–H and O–H groups in total. The van der Waals surface area contributed by atoms with E-state index < -0.39 is 0 Å². The fourth-order valence-electron chi connectivity index (χ4n) is 0.842. The van der Waals surface area contributed by atoms with Gasteiger partial charge in [0.1, 0.15) is 0 Å². The predicted molar refractivity (Wildman–Crippen MR) is 45.4 cm³/mol. The fraction of sp³-hybridized carbons (Fsp3) is 0.333. The first-order valence-corrected chi connectivity index (χ1v) is 6.98. The molecule has 0 unspecified atom stereocenters. The van der Waals surface area contributed by atoms with Crippen molar-refractivity contribution in [1.82, 2.24) is 18.4 Å². The molecular weight excluding hydrogens is 286 g/mol. The Morgan fingerprint density at radius 3 is 1.75 bits per heavy atom. The molecule has 4 nitrogen and oxygen atoms in total. The number of aromatic nitrogens is 4. The van der Waals surface area contributed by atoms with Crippen LogP contribution in [0.25, 0.3) is 0 Å². The summed E-state index contributed by atoms with van der Waals surface area (Å²) in [6.07, 6.45) is 1.93. The van der Waals surface area contributed by atoms with Crippen LogP contribution in [0, 0.1) is 0 Å². The first-order valence-electron chi connectivity index (χ1n) is 3.47. The third-order valence-electron chi connectivity index (χ3n) is 1.45. The number of aryl methyl sites for hydroxylation is 2. The van der Waals surface area contributed by atoms with Crippen molar-refractivity contribution < 1.29 is 0 Å². The van der Waals surface area contributed by atoms with Crippen LogP contribution in [0.1, 0.15) is 11.4 Å². The molecule has 0 amide bonds. The summed E-state index contributed by atoms with van der Waals surface area (Å²) in [7, 11) is 0. The second kappa shape index (κ2) is 4.10. The summed E-state index contributed by atoms with van der Waals surface area (Å²) < 4.78 is 7.87. The Hall–Kier alpha value is -0.281. The SMILES string of the molecule is c1[se]nnc1CCc1c[se]nn1. The van der Waals surface area contributed by atoms with E-state index in [0.29, 0.717) is 0 Å². The molecular formula is C6H6N4Se2. The molecule has 0 atom stereocenters. The third-order valence-corrected chi connectivity index (χ3v) is 3.77. The van der Waals surface area contributed by atoms with Crippen molar-refractivity contribution in [2.24, 2.45) is 0 Å². The van der Waals surface area contributed by atoms with E-state index in [4.69, 9.17) is 0 Å². The first kappa shape index (κ1) is 8.32. The summed E-state index contributed by atoms with van der Waals surface area (Å²) in [4.78, 5) is 4.23. The maximum atomic E-state index is 4.02. The van der Waals surface area contributed by atoms with Crippen molar-refractivity contribution in [3.05, 3.63) is 21.3 Å². The number of rotatable bonds is 3. The van der Waals surface area contributed by atoms with Crippen LogP contribution in [0.4, 0.5) is 0 Å². The Labute approximate surface area is 82.0 Å². The van der Waals surface area contributed by atoms with Crippen LogP contribution in [-0.2, 0) is 12.8 Å². The van der Waals surface area contributed by atoms with E-state index in [2.05, 4.69) is 28.3 Å². The van der Waals surface area contributed by atoms with Gasteiger partial charge in [0.15, 0.2) is 0 Å². The zero-order chi connectivity index (χ0) is 8.23. The summed E-state index contributed by atoms with van der Waals surface area (Å²) >= 11 is 0.537. The Balaban J connectivity index is 1.91. The van der Waals surface area contributed by atoms with Crippen LogP contribution in [0.3, 0.4) is 0 Å². The van der Waals surface area contributed by atoms with Gasteiger partial charge in [0, 0.05) is 0 Å². The molecule has 2 heterocycles. The van der Waals surface area contributed by atoms with Gasteiger partial charge >= 0.3 is 82.0 Å². The average Bonchev–Trinajstić information content (AvgIpc) is 2.74. The van der Waals surface area contributed by atoms with Gasteiger partial charge in [-0.1, -0.05) is 0 Å². The maximum absolute atomic E-state index is 4.02. The van der Waals surface area contributed by atoms with Crippen molar-refractivity contribution in [3.8, 4) is 0 Å². The van der Waals surface area contributed by atoms with Crippen LogP contribution in [0.2, 0.25) is 0 Å². The van der Waals surface area contributed by atoms with E-state index in [-0.39, 0.29) is 29.5 Å². The van der Waals surface area contributed by atoms with Gasteiger partial charge in [0.05, 0.1) is 0 Å². The minimum atomic E-state index is 0.269. The molecule has 0 saturated heterocycles. The van der Waals surface area contributed by atoms with Crippen LogP contribution in [0.5, 0.6) is 0 Å². The molecule has 6 heteroatoms. The van der Waals surface area contributed by atoms with E-state index >= 15 is 0 Å². The van der Waals surface area contributed by atoms with Gasteiger partial charge in [-0.2, -0.15) is 0 Å². The van der Waals surface area contributed by atoms with Gasteiger partial charge in [0.25, 0.3) is 0 Å². The molecule has 12 heavy (non-hydrogen) atoms. The van der Waals surface area contributed by atoms with Gasteiger partial charge in [0.2, 0.25) is 0 Å². The van der Waals surface area contributed by atoms with E-state index in [1.165, 1.54) is 0 Å². The zero-order valence-corrected chi connectivity index (χ0v) is 9.60. The summed E-state index contributed by atoms with van der Waals surface area (Å²) in [5.74, 6) is 0. The minimum absolute atomic E-state index is 0.269. The van der Waals surface area contributed by atoms with E-state index in [1.807, 2.05) is 0 Å². The third kappa shape index (κ3) is 2.11. The van der Waals surface area contributed by atoms with Crippen molar-refractivity contribution in [1.29, 1.82) is 0 Å². The Morgan fingerprint density at radius 1 is 0.917 bits per heavy atom. The molecule has 0 aliphatic carbocycles. The zero-order valence-electron chi connectivity index (χ0n) is 6.17. The van der Waals surface area contributed by atoms with Crippen molar-refractivity contribution in [3.63, 3.8) is 0 Å². The molecule has 0 saturated carbocycles. The molecule has 2 aromatic heterocycles. The molecule has 0 radical (unpaired) electrons. The topological polar surface area (TPSA) is 51.6 Å². The molecule has 0 aromatic carbocycles. The molecule has 62 valence electrons. The summed E-state index contributed by atoms with van der Waals surface area (Å²) in [5.41, 5.74) is 2.23. The van der Waals surface area contributed by atoms with Crippen LogP contribution < -0.4 is 0 Å². The van der Waals surface area contributed by atoms with Gasteiger partial charge in [-0.25, -0.2) is 0 Å². The average molecular weight is 292 g/mol. The second-order valence-corrected chi connectivity index (χ2v) is 4.85. The second-order valence-electron chi connectivity index (χ2n) is 2.29. The Morgan fingerprint density at radius 2 is 1.42 bits per heavy atom. The monoisotopic (exact) mass is 294 g/mol. The van der Waals surface area contributed by atoms with Gasteiger partial charge in [-0.15, -0.1) is 0 Å². The Bertz CT molecular complexity index is 281. The van der Waals surface area contributed by atoms with Crippen LogP contribution >= 0.6 is 0 Å². The molecule has 2 aromatic rings. The normalized spacial score (nSPS) is 10.3. The molecule has 0 aliphatic rings. The molecule has 0 fully saturated rings. The quantitative estimate of drug-likeness (QED) is 0.693. The first-order chi connectivity index (χ1) is 5.95. The summed E-state index contributed by atoms with van der Waals surface area (Å²) in [6.45, 7) is 0. The van der Waals surface area contributed by atoms with Gasteiger partial charge in [-0.05, 0) is 0 Å². The van der Waals surface area contributed by atoms with E-state index in [9.17, 15) is 0 Å². The van der Waals surface area contributed by atoms with Gasteiger partial charge < -0.3 is 0 Å². The standard InChI is InChI=1S/C6H6N4Se2/c1(5-3-11-9-7-5)2-6-4-12-10-8-6/h3-4H,1-2H2.